The molecule has 0 radical (unpaired) electrons. The molecule has 0 aromatic carbocycles. The Kier molecular flexibility index (Phi) is 4.93. The molecule has 14 heavy (non-hydrogen) atoms. The van der Waals surface area contributed by atoms with Gasteiger partial charge in [-0.3, -0.25) is 4.90 Å². The molecule has 2 unspecified atom stereocenters. The Morgan fingerprint density at radius 2 is 2.43 bits per heavy atom. The van der Waals surface area contributed by atoms with Crippen molar-refractivity contribution in [1.82, 2.24) is 4.90 Å². The van der Waals surface area contributed by atoms with Crippen molar-refractivity contribution in [2.75, 3.05) is 19.6 Å². The zero-order chi connectivity index (χ0) is 10.6. The van der Waals surface area contributed by atoms with Crippen LogP contribution in [-0.2, 0) is 0 Å². The third kappa shape index (κ3) is 3.60. The van der Waals surface area contributed by atoms with Crippen LogP contribution in [0.25, 0.3) is 0 Å². The van der Waals surface area contributed by atoms with Gasteiger partial charge in [0.15, 0.2) is 0 Å². The molecule has 82 valence electrons. The van der Waals surface area contributed by atoms with Crippen molar-refractivity contribution in [3.05, 3.63) is 11.1 Å². The van der Waals surface area contributed by atoms with Crippen molar-refractivity contribution in [1.29, 1.82) is 0 Å². The number of hydrogen-bond acceptors (Lipinski definition) is 2. The maximum atomic E-state index is 5.93. The highest BCUT2D eigenvalue weighted by Crippen LogP contribution is 2.19. The lowest BCUT2D eigenvalue weighted by Gasteiger charge is -2.34. The van der Waals surface area contributed by atoms with Crippen LogP contribution >= 0.6 is 11.6 Å². The molecule has 2 N–H and O–H groups in total. The first-order valence-corrected chi connectivity index (χ1v) is 5.81. The summed E-state index contributed by atoms with van der Waals surface area (Å²) in [5.41, 5.74) is 8.83. The number of nitrogens with two attached hydrogens (primary N) is 1. The van der Waals surface area contributed by atoms with E-state index in [-0.39, 0.29) is 0 Å². The Balaban J connectivity index is 2.40. The van der Waals surface area contributed by atoms with E-state index >= 15 is 0 Å². The number of hydrogen-bond donors (Lipinski definition) is 1. The van der Waals surface area contributed by atoms with Gasteiger partial charge in [0.2, 0.25) is 0 Å². The fourth-order valence-electron chi connectivity index (χ4n) is 2.05. The molecule has 1 rings (SSSR count). The van der Waals surface area contributed by atoms with Gasteiger partial charge in [-0.25, -0.2) is 0 Å². The Bertz CT molecular complexity index is 201. The van der Waals surface area contributed by atoms with E-state index in [1.54, 1.807) is 5.54 Å². The van der Waals surface area contributed by atoms with Crippen LogP contribution in [0.4, 0.5) is 0 Å². The molecule has 0 bridgehead atoms. The van der Waals surface area contributed by atoms with Crippen LogP contribution in [0.3, 0.4) is 0 Å². The predicted molar refractivity (Wildman–Crippen MR) is 62.4 cm³/mol. The van der Waals surface area contributed by atoms with Gasteiger partial charge in [0, 0.05) is 24.7 Å². The Labute approximate surface area is 92.1 Å². The van der Waals surface area contributed by atoms with Crippen LogP contribution in [0.15, 0.2) is 11.1 Å². The summed E-state index contributed by atoms with van der Waals surface area (Å²) in [6, 6.07) is 0.318. The average Bonchev–Trinajstić information content (AvgIpc) is 2.18. The third-order valence-corrected chi connectivity index (χ3v) is 3.32. The van der Waals surface area contributed by atoms with Crippen molar-refractivity contribution in [3.8, 4) is 0 Å². The Hall–Kier alpha value is -0.0500. The highest BCUT2D eigenvalue weighted by atomic mass is 35.5. The second-order valence-corrected chi connectivity index (χ2v) is 4.67. The highest BCUT2D eigenvalue weighted by molar-refractivity contribution is 6.25. The second kappa shape index (κ2) is 5.74. The quantitative estimate of drug-likeness (QED) is 0.784. The van der Waals surface area contributed by atoms with E-state index in [1.165, 1.54) is 25.0 Å². The number of piperidine rings is 1. The molecule has 0 aliphatic carbocycles. The molecule has 1 saturated heterocycles. The van der Waals surface area contributed by atoms with Crippen molar-refractivity contribution < 1.29 is 0 Å². The molecule has 1 aliphatic heterocycles. The molecule has 2 nitrogen and oxygen atoms in total. The summed E-state index contributed by atoms with van der Waals surface area (Å²) < 4.78 is 0. The first-order chi connectivity index (χ1) is 6.63. The summed E-state index contributed by atoms with van der Waals surface area (Å²) >= 11 is 5.66. The van der Waals surface area contributed by atoms with Crippen LogP contribution in [0, 0.1) is 5.92 Å². The number of halogens is 1. The third-order valence-electron chi connectivity index (χ3n) is 2.94. The molecule has 0 spiro atoms. The summed E-state index contributed by atoms with van der Waals surface area (Å²) in [6.45, 7) is 7.48. The number of nitrogens with zero attached hydrogens (tertiary/aromatic N) is 1. The number of rotatable bonds is 3. The van der Waals surface area contributed by atoms with E-state index in [0.29, 0.717) is 12.0 Å². The Morgan fingerprint density at radius 3 is 3.00 bits per heavy atom. The summed E-state index contributed by atoms with van der Waals surface area (Å²) in [5, 5.41) is 0. The topological polar surface area (TPSA) is 29.3 Å². The minimum absolute atomic E-state index is 0.318. The van der Waals surface area contributed by atoms with Crippen LogP contribution in [-0.4, -0.2) is 30.6 Å². The standard InChI is InChI=1S/C11H21ClN2/c1-9(6-12)7-14-5-3-4-11(8-14)10(2)13/h6,10-11H,3-5,7-8,13H2,1-2H3. The van der Waals surface area contributed by atoms with Gasteiger partial charge in [0.25, 0.3) is 0 Å². The molecular weight excluding hydrogens is 196 g/mol. The lowest BCUT2D eigenvalue weighted by atomic mass is 9.92. The minimum Gasteiger partial charge on any atom is -0.328 e. The van der Waals surface area contributed by atoms with Crippen LogP contribution < -0.4 is 5.73 Å². The molecule has 3 heteroatoms. The largest absolute Gasteiger partial charge is 0.328 e. The normalized spacial score (nSPS) is 27.7. The van der Waals surface area contributed by atoms with E-state index in [2.05, 4.69) is 18.7 Å². The molecule has 0 amide bonds. The summed E-state index contributed by atoms with van der Waals surface area (Å²) in [4.78, 5) is 2.45. The van der Waals surface area contributed by atoms with E-state index in [1.807, 2.05) is 0 Å². The van der Waals surface area contributed by atoms with Crippen LogP contribution in [0.2, 0.25) is 0 Å². The van der Waals surface area contributed by atoms with Gasteiger partial charge >= 0.3 is 0 Å². The van der Waals surface area contributed by atoms with Crippen LogP contribution in [0.5, 0.6) is 0 Å². The van der Waals surface area contributed by atoms with Gasteiger partial charge in [-0.15, -0.1) is 0 Å². The van der Waals surface area contributed by atoms with E-state index < -0.39 is 0 Å². The highest BCUT2D eigenvalue weighted by Gasteiger charge is 2.22. The second-order valence-electron chi connectivity index (χ2n) is 4.45. The molecule has 0 aromatic rings. The molecule has 1 aliphatic rings. The first kappa shape index (κ1) is 12.0. The lowest BCUT2D eigenvalue weighted by molar-refractivity contribution is 0.172. The average molecular weight is 217 g/mol. The molecule has 0 saturated carbocycles. The van der Waals surface area contributed by atoms with Crippen molar-refractivity contribution in [3.63, 3.8) is 0 Å². The van der Waals surface area contributed by atoms with Crippen molar-refractivity contribution >= 4 is 11.6 Å². The fourth-order valence-corrected chi connectivity index (χ4v) is 2.12. The molecular formula is C11H21ClN2. The zero-order valence-electron chi connectivity index (χ0n) is 9.17. The SMILES string of the molecule is CC(=CCl)CN1CCCC(C(C)N)C1. The van der Waals surface area contributed by atoms with Gasteiger partial charge in [-0.1, -0.05) is 11.6 Å². The van der Waals surface area contributed by atoms with Gasteiger partial charge in [-0.05, 0) is 44.7 Å². The van der Waals surface area contributed by atoms with E-state index in [4.69, 9.17) is 17.3 Å². The van der Waals surface area contributed by atoms with Gasteiger partial charge in [0.05, 0.1) is 0 Å². The molecule has 1 fully saturated rings. The zero-order valence-corrected chi connectivity index (χ0v) is 9.93. The maximum Gasteiger partial charge on any atom is 0.0201 e. The van der Waals surface area contributed by atoms with Gasteiger partial charge in [0.1, 0.15) is 0 Å². The van der Waals surface area contributed by atoms with Crippen molar-refractivity contribution in [2.24, 2.45) is 11.7 Å². The summed E-state index contributed by atoms with van der Waals surface area (Å²) in [6.07, 6.45) is 2.54. The van der Waals surface area contributed by atoms with Gasteiger partial charge in [-0.2, -0.15) is 0 Å². The Morgan fingerprint density at radius 1 is 1.71 bits per heavy atom. The lowest BCUT2D eigenvalue weighted by Crippen LogP contribution is -2.42. The summed E-state index contributed by atoms with van der Waals surface area (Å²) in [5.74, 6) is 0.659. The van der Waals surface area contributed by atoms with Crippen molar-refractivity contribution in [2.45, 2.75) is 32.7 Å². The minimum atomic E-state index is 0.318. The first-order valence-electron chi connectivity index (χ1n) is 5.37. The number of likely N-dealkylation sites (tertiary alicyclic amines) is 1. The smallest absolute Gasteiger partial charge is 0.0201 e. The van der Waals surface area contributed by atoms with Gasteiger partial charge < -0.3 is 5.73 Å². The summed E-state index contributed by atoms with van der Waals surface area (Å²) in [7, 11) is 0. The maximum absolute atomic E-state index is 5.93. The van der Waals surface area contributed by atoms with Crippen LogP contribution in [0.1, 0.15) is 26.7 Å². The fraction of sp³-hybridized carbons (Fsp3) is 0.818. The molecule has 2 atom stereocenters. The van der Waals surface area contributed by atoms with E-state index in [9.17, 15) is 0 Å². The predicted octanol–water partition coefficient (Wildman–Crippen LogP) is 2.19. The molecule has 0 aromatic heterocycles. The van der Waals surface area contributed by atoms with E-state index in [0.717, 1.165) is 13.1 Å². The monoisotopic (exact) mass is 216 g/mol. The molecule has 1 heterocycles.